The normalized spacial score (nSPS) is 11.5. The van der Waals surface area contributed by atoms with Crippen molar-refractivity contribution in [3.8, 4) is 0 Å². The van der Waals surface area contributed by atoms with E-state index >= 15 is 0 Å². The lowest BCUT2D eigenvalue weighted by atomic mass is 10.1. The number of amides is 1. The SMILES string of the molecule is Cn1c(=O)n(Cc2ccc(C(=O)OC(C)(C)C)cc2)c(=O)c2cc(C(=O)NCc3ccc(Br)cc3)sc21. The number of nitrogens with one attached hydrogen (secondary N) is 1. The molecule has 2 aromatic carbocycles. The van der Waals surface area contributed by atoms with Crippen LogP contribution in [0.25, 0.3) is 10.2 Å². The van der Waals surface area contributed by atoms with Gasteiger partial charge in [0.25, 0.3) is 11.5 Å². The minimum Gasteiger partial charge on any atom is -0.456 e. The molecule has 4 rings (SSSR count). The van der Waals surface area contributed by atoms with Crippen LogP contribution in [0.3, 0.4) is 0 Å². The number of rotatable bonds is 6. The summed E-state index contributed by atoms with van der Waals surface area (Å²) in [6, 6.07) is 15.7. The van der Waals surface area contributed by atoms with E-state index in [1.807, 2.05) is 24.3 Å². The molecular formula is C27H26BrN3O5S. The lowest BCUT2D eigenvalue weighted by molar-refractivity contribution is 0.00694. The van der Waals surface area contributed by atoms with Gasteiger partial charge in [0.1, 0.15) is 10.4 Å². The van der Waals surface area contributed by atoms with Crippen molar-refractivity contribution in [1.29, 1.82) is 0 Å². The summed E-state index contributed by atoms with van der Waals surface area (Å²) < 4.78 is 8.82. The zero-order valence-electron chi connectivity index (χ0n) is 20.8. The van der Waals surface area contributed by atoms with Crippen molar-refractivity contribution in [1.82, 2.24) is 14.5 Å². The number of nitrogens with zero attached hydrogens (tertiary/aromatic N) is 2. The fourth-order valence-electron chi connectivity index (χ4n) is 3.67. The number of benzene rings is 2. The molecule has 2 heterocycles. The number of carbonyl (C=O) groups is 2. The molecule has 0 saturated heterocycles. The number of halogens is 1. The summed E-state index contributed by atoms with van der Waals surface area (Å²) in [4.78, 5) is 52.0. The summed E-state index contributed by atoms with van der Waals surface area (Å²) in [6.45, 7) is 5.73. The zero-order valence-corrected chi connectivity index (χ0v) is 23.2. The van der Waals surface area contributed by atoms with E-state index in [9.17, 15) is 19.2 Å². The minimum atomic E-state index is -0.611. The van der Waals surface area contributed by atoms with Crippen LogP contribution in [0, 0.1) is 0 Å². The second-order valence-corrected chi connectivity index (χ2v) is 11.5. The highest BCUT2D eigenvalue weighted by molar-refractivity contribution is 9.10. The van der Waals surface area contributed by atoms with Gasteiger partial charge in [0.2, 0.25) is 0 Å². The van der Waals surface area contributed by atoms with Crippen LogP contribution in [-0.2, 0) is 24.9 Å². The molecule has 2 aromatic heterocycles. The molecule has 0 spiro atoms. The largest absolute Gasteiger partial charge is 0.456 e. The highest BCUT2D eigenvalue weighted by Gasteiger charge is 2.19. The fraction of sp³-hybridized carbons (Fsp3) is 0.259. The maximum absolute atomic E-state index is 13.2. The maximum Gasteiger partial charge on any atom is 0.338 e. The monoisotopic (exact) mass is 583 g/mol. The first-order valence-electron chi connectivity index (χ1n) is 11.5. The van der Waals surface area contributed by atoms with Gasteiger partial charge in [-0.15, -0.1) is 11.3 Å². The highest BCUT2D eigenvalue weighted by Crippen LogP contribution is 2.22. The summed E-state index contributed by atoms with van der Waals surface area (Å²) in [7, 11) is 1.58. The van der Waals surface area contributed by atoms with Crippen LogP contribution in [0.4, 0.5) is 0 Å². The number of ether oxygens (including phenoxy) is 1. The van der Waals surface area contributed by atoms with Crippen LogP contribution in [0.15, 0.2) is 68.7 Å². The summed E-state index contributed by atoms with van der Waals surface area (Å²) >= 11 is 4.48. The predicted molar refractivity (Wildman–Crippen MR) is 147 cm³/mol. The van der Waals surface area contributed by atoms with Gasteiger partial charge in [0.05, 0.1) is 22.4 Å². The molecule has 10 heteroatoms. The van der Waals surface area contributed by atoms with Gasteiger partial charge in [0, 0.05) is 18.1 Å². The van der Waals surface area contributed by atoms with Crippen LogP contribution in [0.2, 0.25) is 0 Å². The second kappa shape index (κ2) is 10.5. The number of hydrogen-bond acceptors (Lipinski definition) is 6. The van der Waals surface area contributed by atoms with E-state index in [4.69, 9.17) is 4.74 Å². The van der Waals surface area contributed by atoms with E-state index in [1.54, 1.807) is 52.1 Å². The molecule has 0 atom stereocenters. The summed E-state index contributed by atoms with van der Waals surface area (Å²) in [5, 5.41) is 3.15. The molecule has 1 amide bonds. The lowest BCUT2D eigenvalue weighted by Gasteiger charge is -2.19. The predicted octanol–water partition coefficient (Wildman–Crippen LogP) is 4.46. The van der Waals surface area contributed by atoms with Gasteiger partial charge in [-0.2, -0.15) is 0 Å². The number of carbonyl (C=O) groups excluding carboxylic acids is 2. The molecule has 0 unspecified atom stereocenters. The van der Waals surface area contributed by atoms with Crippen molar-refractivity contribution >= 4 is 49.4 Å². The molecular weight excluding hydrogens is 558 g/mol. The Balaban J connectivity index is 1.57. The third kappa shape index (κ3) is 6.08. The summed E-state index contributed by atoms with van der Waals surface area (Å²) in [5.74, 6) is -0.766. The third-order valence-electron chi connectivity index (χ3n) is 5.53. The van der Waals surface area contributed by atoms with Crippen molar-refractivity contribution in [3.63, 3.8) is 0 Å². The molecule has 0 saturated carbocycles. The van der Waals surface area contributed by atoms with E-state index in [2.05, 4.69) is 21.2 Å². The molecule has 0 aliphatic heterocycles. The standard InChI is InChI=1S/C27H26BrN3O5S/c1-27(2,3)36-25(34)18-9-5-17(6-10-18)15-31-23(33)20-13-21(37-24(20)30(4)26(31)35)22(32)29-14-16-7-11-19(28)12-8-16/h5-13H,14-15H2,1-4H3,(H,29,32). The van der Waals surface area contributed by atoms with E-state index in [1.165, 1.54) is 10.6 Å². The number of fused-ring (bicyclic) bond motifs is 1. The average molecular weight is 584 g/mol. The molecule has 1 N–H and O–H groups in total. The van der Waals surface area contributed by atoms with Gasteiger partial charge in [-0.25, -0.2) is 9.59 Å². The first-order chi connectivity index (χ1) is 17.4. The summed E-state index contributed by atoms with van der Waals surface area (Å²) in [5.41, 5.74) is 0.416. The number of aryl methyl sites for hydroxylation is 1. The molecule has 8 nitrogen and oxygen atoms in total. The van der Waals surface area contributed by atoms with Gasteiger partial charge in [-0.05, 0) is 62.2 Å². The lowest BCUT2D eigenvalue weighted by Crippen LogP contribution is -2.38. The van der Waals surface area contributed by atoms with E-state index in [0.29, 0.717) is 32.8 Å². The molecule has 0 radical (unpaired) electrons. The maximum atomic E-state index is 13.2. The number of thiophene rings is 1. The number of hydrogen-bond donors (Lipinski definition) is 1. The Kier molecular flexibility index (Phi) is 7.52. The Morgan fingerprint density at radius 1 is 1.00 bits per heavy atom. The first-order valence-corrected chi connectivity index (χ1v) is 13.1. The molecule has 0 bridgehead atoms. The molecule has 0 aliphatic carbocycles. The van der Waals surface area contributed by atoms with E-state index < -0.39 is 22.8 Å². The second-order valence-electron chi connectivity index (χ2n) is 9.57. The van der Waals surface area contributed by atoms with Crippen molar-refractivity contribution in [3.05, 3.63) is 101 Å². The van der Waals surface area contributed by atoms with Crippen molar-refractivity contribution in [2.45, 2.75) is 39.5 Å². The molecule has 4 aromatic rings. The summed E-state index contributed by atoms with van der Waals surface area (Å²) in [6.07, 6.45) is 0. The molecule has 192 valence electrons. The van der Waals surface area contributed by atoms with Gasteiger partial charge < -0.3 is 10.1 Å². The van der Waals surface area contributed by atoms with Crippen LogP contribution < -0.4 is 16.6 Å². The Morgan fingerprint density at radius 2 is 1.62 bits per heavy atom. The highest BCUT2D eigenvalue weighted by atomic mass is 79.9. The van der Waals surface area contributed by atoms with Crippen LogP contribution in [-0.4, -0.2) is 26.6 Å². The zero-order chi connectivity index (χ0) is 26.9. The molecule has 37 heavy (non-hydrogen) atoms. The first kappa shape index (κ1) is 26.6. The molecule has 0 fully saturated rings. The van der Waals surface area contributed by atoms with Crippen LogP contribution in [0.1, 0.15) is 51.9 Å². The van der Waals surface area contributed by atoms with Gasteiger partial charge in [-0.3, -0.25) is 18.7 Å². The third-order valence-corrected chi connectivity index (χ3v) is 7.27. The number of esters is 1. The minimum absolute atomic E-state index is 0.0248. The Hall–Kier alpha value is -3.50. The van der Waals surface area contributed by atoms with Gasteiger partial charge in [0.15, 0.2) is 0 Å². The van der Waals surface area contributed by atoms with Crippen molar-refractivity contribution in [2.24, 2.45) is 7.05 Å². The number of aromatic nitrogens is 2. The van der Waals surface area contributed by atoms with Gasteiger partial charge in [-0.1, -0.05) is 40.2 Å². The van der Waals surface area contributed by atoms with E-state index in [0.717, 1.165) is 25.9 Å². The molecule has 0 aliphatic rings. The van der Waals surface area contributed by atoms with Crippen LogP contribution in [0.5, 0.6) is 0 Å². The van der Waals surface area contributed by atoms with E-state index in [-0.39, 0.29) is 12.5 Å². The van der Waals surface area contributed by atoms with Crippen molar-refractivity contribution in [2.75, 3.05) is 0 Å². The average Bonchev–Trinajstić information content (AvgIpc) is 3.30. The Bertz CT molecular complexity index is 1590. The quantitative estimate of drug-likeness (QED) is 0.338. The smallest absolute Gasteiger partial charge is 0.338 e. The topological polar surface area (TPSA) is 99.4 Å². The fourth-order valence-corrected chi connectivity index (χ4v) is 4.96. The van der Waals surface area contributed by atoms with Gasteiger partial charge >= 0.3 is 11.7 Å². The van der Waals surface area contributed by atoms with Crippen LogP contribution >= 0.6 is 27.3 Å². The Morgan fingerprint density at radius 3 is 2.24 bits per heavy atom. The van der Waals surface area contributed by atoms with Crippen molar-refractivity contribution < 1.29 is 14.3 Å². The Labute approximate surface area is 225 Å².